The molecule has 0 aliphatic carbocycles. The topological polar surface area (TPSA) is 25.0 Å². The van der Waals surface area contributed by atoms with Gasteiger partial charge in [0.15, 0.2) is 0 Å². The van der Waals surface area contributed by atoms with Crippen molar-refractivity contribution in [1.82, 2.24) is 4.98 Å². The standard InChI is InChI=1S/C15H12ClNO/c16-12-5-7-13(8-6-12)18-10-11-9-17-15-4-2-1-3-14(11)15/h1-9,17H,10H2. The molecule has 0 saturated heterocycles. The van der Waals surface area contributed by atoms with Gasteiger partial charge in [-0.15, -0.1) is 0 Å². The van der Waals surface area contributed by atoms with E-state index in [1.807, 2.05) is 42.6 Å². The fourth-order valence-corrected chi connectivity index (χ4v) is 2.07. The Morgan fingerprint density at radius 2 is 1.78 bits per heavy atom. The lowest BCUT2D eigenvalue weighted by Gasteiger charge is -2.05. The maximum atomic E-state index is 5.83. The number of hydrogen-bond acceptors (Lipinski definition) is 1. The van der Waals surface area contributed by atoms with Crippen LogP contribution in [0.2, 0.25) is 5.02 Å². The molecule has 0 bridgehead atoms. The second kappa shape index (κ2) is 4.75. The highest BCUT2D eigenvalue weighted by molar-refractivity contribution is 6.30. The van der Waals surface area contributed by atoms with Crippen molar-refractivity contribution in [2.24, 2.45) is 0 Å². The number of hydrogen-bond donors (Lipinski definition) is 1. The van der Waals surface area contributed by atoms with Crippen molar-refractivity contribution in [1.29, 1.82) is 0 Å². The van der Waals surface area contributed by atoms with Crippen molar-refractivity contribution in [2.45, 2.75) is 6.61 Å². The molecule has 0 saturated carbocycles. The summed E-state index contributed by atoms with van der Waals surface area (Å²) in [7, 11) is 0. The van der Waals surface area contributed by atoms with E-state index in [-0.39, 0.29) is 0 Å². The van der Waals surface area contributed by atoms with E-state index >= 15 is 0 Å². The smallest absolute Gasteiger partial charge is 0.119 e. The molecule has 1 N–H and O–H groups in total. The Morgan fingerprint density at radius 1 is 1.00 bits per heavy atom. The molecule has 0 spiro atoms. The summed E-state index contributed by atoms with van der Waals surface area (Å²) in [5, 5.41) is 1.92. The maximum Gasteiger partial charge on any atom is 0.119 e. The number of para-hydroxylation sites is 1. The molecular formula is C15H12ClNO. The second-order valence-electron chi connectivity index (χ2n) is 4.10. The molecule has 1 aromatic heterocycles. The number of halogens is 1. The Bertz CT molecular complexity index is 658. The van der Waals surface area contributed by atoms with Crippen molar-refractivity contribution in [3.8, 4) is 5.75 Å². The van der Waals surface area contributed by atoms with Gasteiger partial charge in [-0.05, 0) is 30.3 Å². The van der Waals surface area contributed by atoms with Crippen molar-refractivity contribution in [3.05, 3.63) is 65.3 Å². The van der Waals surface area contributed by atoms with Crippen molar-refractivity contribution in [2.75, 3.05) is 0 Å². The SMILES string of the molecule is Clc1ccc(OCc2c[nH]c3ccccc23)cc1. The van der Waals surface area contributed by atoms with E-state index in [0.29, 0.717) is 6.61 Å². The van der Waals surface area contributed by atoms with Gasteiger partial charge in [0.1, 0.15) is 12.4 Å². The van der Waals surface area contributed by atoms with Gasteiger partial charge in [0.2, 0.25) is 0 Å². The van der Waals surface area contributed by atoms with E-state index in [1.165, 1.54) is 5.39 Å². The minimum atomic E-state index is 0.547. The molecule has 0 fully saturated rings. The number of benzene rings is 2. The van der Waals surface area contributed by atoms with Crippen molar-refractivity contribution in [3.63, 3.8) is 0 Å². The van der Waals surface area contributed by atoms with Gasteiger partial charge in [-0.2, -0.15) is 0 Å². The molecule has 2 aromatic carbocycles. The fraction of sp³-hybridized carbons (Fsp3) is 0.0667. The molecule has 0 atom stereocenters. The van der Waals surface area contributed by atoms with E-state index in [0.717, 1.165) is 21.9 Å². The zero-order valence-corrected chi connectivity index (χ0v) is 10.4. The maximum absolute atomic E-state index is 5.83. The largest absolute Gasteiger partial charge is 0.489 e. The van der Waals surface area contributed by atoms with Crippen molar-refractivity contribution < 1.29 is 4.74 Å². The number of aromatic amines is 1. The summed E-state index contributed by atoms with van der Waals surface area (Å²) < 4.78 is 5.73. The van der Waals surface area contributed by atoms with Crippen molar-refractivity contribution >= 4 is 22.5 Å². The highest BCUT2D eigenvalue weighted by Crippen LogP contribution is 2.21. The lowest BCUT2D eigenvalue weighted by molar-refractivity contribution is 0.307. The van der Waals surface area contributed by atoms with Crippen LogP contribution in [-0.4, -0.2) is 4.98 Å². The number of rotatable bonds is 3. The molecule has 0 radical (unpaired) electrons. The lowest BCUT2D eigenvalue weighted by atomic mass is 10.2. The highest BCUT2D eigenvalue weighted by Gasteiger charge is 2.03. The summed E-state index contributed by atoms with van der Waals surface area (Å²) in [4.78, 5) is 3.23. The average Bonchev–Trinajstić information content (AvgIpc) is 2.82. The van der Waals surface area contributed by atoms with Gasteiger partial charge in [0, 0.05) is 27.7 Å². The molecule has 0 aliphatic rings. The third-order valence-electron chi connectivity index (χ3n) is 2.88. The van der Waals surface area contributed by atoms with Crippen LogP contribution in [0.1, 0.15) is 5.56 Å². The number of fused-ring (bicyclic) bond motifs is 1. The van der Waals surface area contributed by atoms with Gasteiger partial charge >= 0.3 is 0 Å². The van der Waals surface area contributed by atoms with Crippen LogP contribution < -0.4 is 4.74 Å². The third-order valence-corrected chi connectivity index (χ3v) is 3.13. The molecule has 0 amide bonds. The summed E-state index contributed by atoms with van der Waals surface area (Å²) in [5.41, 5.74) is 2.28. The minimum Gasteiger partial charge on any atom is -0.489 e. The zero-order chi connectivity index (χ0) is 12.4. The molecule has 0 unspecified atom stereocenters. The molecule has 18 heavy (non-hydrogen) atoms. The zero-order valence-electron chi connectivity index (χ0n) is 9.69. The first kappa shape index (κ1) is 11.2. The summed E-state index contributed by atoms with van der Waals surface area (Å²) >= 11 is 5.83. The third kappa shape index (κ3) is 2.20. The molecular weight excluding hydrogens is 246 g/mol. The molecule has 3 aromatic rings. The first-order valence-corrected chi connectivity index (χ1v) is 6.14. The van der Waals surface area contributed by atoms with Gasteiger partial charge in [-0.1, -0.05) is 29.8 Å². The van der Waals surface area contributed by atoms with E-state index in [9.17, 15) is 0 Å². The summed E-state index contributed by atoms with van der Waals surface area (Å²) in [6.07, 6.45) is 1.99. The normalized spacial score (nSPS) is 10.7. The van der Waals surface area contributed by atoms with Gasteiger partial charge in [0.25, 0.3) is 0 Å². The van der Waals surface area contributed by atoms with Gasteiger partial charge in [0.05, 0.1) is 0 Å². The van der Waals surface area contributed by atoms with Crippen LogP contribution in [0.15, 0.2) is 54.7 Å². The van der Waals surface area contributed by atoms with Crippen LogP contribution in [0, 0.1) is 0 Å². The molecule has 3 rings (SSSR count). The van der Waals surface area contributed by atoms with Crippen LogP contribution in [0.5, 0.6) is 5.75 Å². The lowest BCUT2D eigenvalue weighted by Crippen LogP contribution is -1.93. The highest BCUT2D eigenvalue weighted by atomic mass is 35.5. The predicted octanol–water partition coefficient (Wildman–Crippen LogP) is 4.40. The van der Waals surface area contributed by atoms with E-state index in [2.05, 4.69) is 17.1 Å². The van der Waals surface area contributed by atoms with E-state index in [4.69, 9.17) is 16.3 Å². The van der Waals surface area contributed by atoms with E-state index in [1.54, 1.807) is 0 Å². The first-order chi connectivity index (χ1) is 8.83. The molecule has 0 aliphatic heterocycles. The monoisotopic (exact) mass is 257 g/mol. The van der Waals surface area contributed by atoms with Crippen LogP contribution in [0.25, 0.3) is 10.9 Å². The Hall–Kier alpha value is -1.93. The second-order valence-corrected chi connectivity index (χ2v) is 4.54. The first-order valence-electron chi connectivity index (χ1n) is 5.76. The molecule has 1 heterocycles. The minimum absolute atomic E-state index is 0.547. The number of H-pyrrole nitrogens is 1. The number of ether oxygens (including phenoxy) is 1. The summed E-state index contributed by atoms with van der Waals surface area (Å²) in [5.74, 6) is 0.824. The van der Waals surface area contributed by atoms with Crippen LogP contribution in [0.4, 0.5) is 0 Å². The summed E-state index contributed by atoms with van der Waals surface area (Å²) in [6, 6.07) is 15.6. The Morgan fingerprint density at radius 3 is 2.61 bits per heavy atom. The van der Waals surface area contributed by atoms with Crippen LogP contribution in [-0.2, 0) is 6.61 Å². The van der Waals surface area contributed by atoms with E-state index < -0.39 is 0 Å². The average molecular weight is 258 g/mol. The van der Waals surface area contributed by atoms with Gasteiger partial charge in [-0.25, -0.2) is 0 Å². The van der Waals surface area contributed by atoms with Gasteiger partial charge in [-0.3, -0.25) is 0 Å². The Labute approximate surface area is 110 Å². The Kier molecular flexibility index (Phi) is 2.95. The molecule has 3 heteroatoms. The summed E-state index contributed by atoms with van der Waals surface area (Å²) in [6.45, 7) is 0.547. The number of aromatic nitrogens is 1. The molecule has 90 valence electrons. The number of nitrogens with one attached hydrogen (secondary N) is 1. The van der Waals surface area contributed by atoms with Gasteiger partial charge < -0.3 is 9.72 Å². The quantitative estimate of drug-likeness (QED) is 0.739. The predicted molar refractivity (Wildman–Crippen MR) is 74.1 cm³/mol. The van der Waals surface area contributed by atoms with Crippen LogP contribution in [0.3, 0.4) is 0 Å². The fourth-order valence-electron chi connectivity index (χ4n) is 1.94. The Balaban J connectivity index is 1.79. The molecule has 2 nitrogen and oxygen atoms in total. The van der Waals surface area contributed by atoms with Crippen LogP contribution >= 0.6 is 11.6 Å².